The van der Waals surface area contributed by atoms with Crippen LogP contribution < -0.4 is 0 Å². The summed E-state index contributed by atoms with van der Waals surface area (Å²) in [6, 6.07) is 7.46. The van der Waals surface area contributed by atoms with Gasteiger partial charge in [-0.15, -0.1) is 0 Å². The van der Waals surface area contributed by atoms with E-state index < -0.39 is 11.2 Å². The van der Waals surface area contributed by atoms with Crippen LogP contribution >= 0.6 is 0 Å². The number of hydrogen-bond donors (Lipinski definition) is 2. The molecule has 0 aliphatic rings. The summed E-state index contributed by atoms with van der Waals surface area (Å²) in [5.74, 6) is 0. The average molecular weight is 208 g/mol. The molecule has 1 aromatic rings. The molecule has 84 valence electrons. The van der Waals surface area contributed by atoms with Gasteiger partial charge < -0.3 is 10.2 Å². The van der Waals surface area contributed by atoms with Gasteiger partial charge in [-0.2, -0.15) is 0 Å². The van der Waals surface area contributed by atoms with E-state index in [0.717, 1.165) is 11.1 Å². The zero-order chi connectivity index (χ0) is 11.7. The first-order valence-electron chi connectivity index (χ1n) is 5.33. The highest BCUT2D eigenvalue weighted by Gasteiger charge is 2.21. The third-order valence-electron chi connectivity index (χ3n) is 2.90. The molecule has 1 aromatic carbocycles. The molecule has 0 spiro atoms. The monoisotopic (exact) mass is 208 g/mol. The van der Waals surface area contributed by atoms with Crippen molar-refractivity contribution >= 4 is 0 Å². The lowest BCUT2D eigenvalue weighted by Crippen LogP contribution is -2.20. The van der Waals surface area contributed by atoms with Crippen LogP contribution in [0.4, 0.5) is 0 Å². The number of rotatable bonds is 3. The van der Waals surface area contributed by atoms with E-state index in [1.54, 1.807) is 20.8 Å². The van der Waals surface area contributed by atoms with Gasteiger partial charge in [0.15, 0.2) is 0 Å². The van der Waals surface area contributed by atoms with E-state index in [4.69, 9.17) is 0 Å². The summed E-state index contributed by atoms with van der Waals surface area (Å²) < 4.78 is 0. The maximum Gasteiger partial charge on any atom is 0.0865 e. The van der Waals surface area contributed by atoms with Crippen molar-refractivity contribution in [2.45, 2.75) is 45.3 Å². The Morgan fingerprint density at radius 3 is 1.67 bits per heavy atom. The molecular weight excluding hydrogens is 188 g/mol. The second kappa shape index (κ2) is 3.95. The molecule has 15 heavy (non-hydrogen) atoms. The minimum Gasteiger partial charge on any atom is -0.386 e. The maximum atomic E-state index is 10.0. The fraction of sp³-hybridized carbons (Fsp3) is 0.538. The Labute approximate surface area is 91.6 Å². The number of benzene rings is 1. The summed E-state index contributed by atoms with van der Waals surface area (Å²) in [7, 11) is 0. The van der Waals surface area contributed by atoms with Gasteiger partial charge in [0.25, 0.3) is 0 Å². The van der Waals surface area contributed by atoms with Crippen molar-refractivity contribution in [1.29, 1.82) is 0 Å². The van der Waals surface area contributed by atoms with Gasteiger partial charge in [0, 0.05) is 0 Å². The normalized spacial score (nSPS) is 16.1. The van der Waals surface area contributed by atoms with Crippen molar-refractivity contribution in [3.05, 3.63) is 35.4 Å². The van der Waals surface area contributed by atoms with Gasteiger partial charge in [0.1, 0.15) is 0 Å². The SMILES string of the molecule is CCC(C)(O)c1ccc(C(C)(C)O)cc1. The van der Waals surface area contributed by atoms with Gasteiger partial charge in [-0.3, -0.25) is 0 Å². The minimum atomic E-state index is -0.823. The third kappa shape index (κ3) is 2.80. The average Bonchev–Trinajstić information content (AvgIpc) is 2.17. The van der Waals surface area contributed by atoms with Crippen molar-refractivity contribution in [1.82, 2.24) is 0 Å². The second-order valence-electron chi connectivity index (χ2n) is 4.76. The minimum absolute atomic E-state index is 0.675. The van der Waals surface area contributed by atoms with E-state index in [0.29, 0.717) is 6.42 Å². The zero-order valence-electron chi connectivity index (χ0n) is 9.91. The van der Waals surface area contributed by atoms with Crippen molar-refractivity contribution in [2.75, 3.05) is 0 Å². The Morgan fingerprint density at radius 1 is 0.933 bits per heavy atom. The van der Waals surface area contributed by atoms with Crippen molar-refractivity contribution in [3.8, 4) is 0 Å². The van der Waals surface area contributed by atoms with Crippen molar-refractivity contribution in [2.24, 2.45) is 0 Å². The van der Waals surface area contributed by atoms with Crippen LogP contribution in [0.3, 0.4) is 0 Å². The molecule has 0 fully saturated rings. The quantitative estimate of drug-likeness (QED) is 0.801. The van der Waals surface area contributed by atoms with Gasteiger partial charge in [-0.25, -0.2) is 0 Å². The van der Waals surface area contributed by atoms with E-state index in [1.165, 1.54) is 0 Å². The second-order valence-corrected chi connectivity index (χ2v) is 4.76. The van der Waals surface area contributed by atoms with Gasteiger partial charge >= 0.3 is 0 Å². The lowest BCUT2D eigenvalue weighted by atomic mass is 9.90. The molecule has 2 nitrogen and oxygen atoms in total. The van der Waals surface area contributed by atoms with Crippen molar-refractivity contribution in [3.63, 3.8) is 0 Å². The number of aliphatic hydroxyl groups is 2. The highest BCUT2D eigenvalue weighted by Crippen LogP contribution is 2.26. The standard InChI is InChI=1S/C13H20O2/c1-5-13(4,15)11-8-6-10(7-9-11)12(2,3)14/h6-9,14-15H,5H2,1-4H3. The number of hydrogen-bond acceptors (Lipinski definition) is 2. The third-order valence-corrected chi connectivity index (χ3v) is 2.90. The lowest BCUT2D eigenvalue weighted by Gasteiger charge is -2.24. The van der Waals surface area contributed by atoms with Crippen molar-refractivity contribution < 1.29 is 10.2 Å². The lowest BCUT2D eigenvalue weighted by molar-refractivity contribution is 0.0524. The molecule has 1 rings (SSSR count). The Balaban J connectivity index is 3.01. The Hall–Kier alpha value is -0.860. The summed E-state index contributed by atoms with van der Waals surface area (Å²) >= 11 is 0. The first-order valence-corrected chi connectivity index (χ1v) is 5.33. The summed E-state index contributed by atoms with van der Waals surface area (Å²) in [4.78, 5) is 0. The molecule has 0 aromatic heterocycles. The molecular formula is C13H20O2. The predicted molar refractivity (Wildman–Crippen MR) is 61.5 cm³/mol. The molecule has 0 aliphatic heterocycles. The van der Waals surface area contributed by atoms with Crippen LogP contribution in [0.1, 0.15) is 45.2 Å². The molecule has 2 N–H and O–H groups in total. The van der Waals surface area contributed by atoms with Gasteiger partial charge in [-0.1, -0.05) is 31.2 Å². The molecule has 0 aliphatic carbocycles. The Morgan fingerprint density at radius 2 is 1.33 bits per heavy atom. The largest absolute Gasteiger partial charge is 0.386 e. The zero-order valence-corrected chi connectivity index (χ0v) is 9.91. The van der Waals surface area contributed by atoms with Crippen LogP contribution in [0.25, 0.3) is 0 Å². The summed E-state index contributed by atoms with van der Waals surface area (Å²) in [5.41, 5.74) is 0.144. The molecule has 0 saturated heterocycles. The summed E-state index contributed by atoms with van der Waals surface area (Å²) in [6.07, 6.45) is 0.675. The van der Waals surface area contributed by atoms with E-state index in [-0.39, 0.29) is 0 Å². The molecule has 0 amide bonds. The fourth-order valence-corrected chi connectivity index (χ4v) is 1.44. The van der Waals surface area contributed by atoms with Gasteiger partial charge in [0.2, 0.25) is 0 Å². The predicted octanol–water partition coefficient (Wildman–Crippen LogP) is 2.53. The van der Waals surface area contributed by atoms with Crippen LogP contribution in [-0.4, -0.2) is 10.2 Å². The Bertz CT molecular complexity index is 317. The summed E-state index contributed by atoms with van der Waals surface area (Å²) in [6.45, 7) is 7.25. The van der Waals surface area contributed by atoms with E-state index in [2.05, 4.69) is 0 Å². The Kier molecular flexibility index (Phi) is 3.22. The van der Waals surface area contributed by atoms with Crippen LogP contribution in [0, 0.1) is 0 Å². The van der Waals surface area contributed by atoms with E-state index in [1.807, 2.05) is 31.2 Å². The van der Waals surface area contributed by atoms with Crippen LogP contribution in [0.5, 0.6) is 0 Å². The summed E-state index contributed by atoms with van der Waals surface area (Å²) in [5, 5.41) is 19.8. The first-order chi connectivity index (χ1) is 6.77. The van der Waals surface area contributed by atoms with Crippen LogP contribution in [-0.2, 0) is 11.2 Å². The molecule has 0 radical (unpaired) electrons. The highest BCUT2D eigenvalue weighted by atomic mass is 16.3. The molecule has 0 bridgehead atoms. The van der Waals surface area contributed by atoms with Gasteiger partial charge in [-0.05, 0) is 38.3 Å². The highest BCUT2D eigenvalue weighted by molar-refractivity contribution is 5.29. The maximum absolute atomic E-state index is 10.0. The molecule has 0 saturated carbocycles. The molecule has 1 atom stereocenters. The topological polar surface area (TPSA) is 40.5 Å². The van der Waals surface area contributed by atoms with Crippen LogP contribution in [0.2, 0.25) is 0 Å². The molecule has 2 heteroatoms. The fourth-order valence-electron chi connectivity index (χ4n) is 1.44. The first kappa shape index (κ1) is 12.2. The smallest absolute Gasteiger partial charge is 0.0865 e. The molecule has 1 unspecified atom stereocenters. The van der Waals surface area contributed by atoms with Crippen LogP contribution in [0.15, 0.2) is 24.3 Å². The van der Waals surface area contributed by atoms with E-state index >= 15 is 0 Å². The van der Waals surface area contributed by atoms with Gasteiger partial charge in [0.05, 0.1) is 11.2 Å². The molecule has 0 heterocycles. The van der Waals surface area contributed by atoms with E-state index in [9.17, 15) is 10.2 Å².